The molecule has 0 spiro atoms. The molecule has 0 amide bonds. The lowest BCUT2D eigenvalue weighted by Gasteiger charge is -2.39. The number of rotatable bonds is 6. The van der Waals surface area contributed by atoms with Crippen LogP contribution in [0.2, 0.25) is 0 Å². The molecule has 0 saturated carbocycles. The highest BCUT2D eigenvalue weighted by atomic mass is 19.1. The third kappa shape index (κ3) is 4.58. The maximum atomic E-state index is 14.0. The van der Waals surface area contributed by atoms with Gasteiger partial charge in [-0.25, -0.2) is 9.18 Å². The van der Waals surface area contributed by atoms with Crippen LogP contribution in [0.25, 0.3) is 0 Å². The summed E-state index contributed by atoms with van der Waals surface area (Å²) >= 11 is 0. The Morgan fingerprint density at radius 2 is 2.03 bits per heavy atom. The van der Waals surface area contributed by atoms with Gasteiger partial charge in [-0.3, -0.25) is 4.79 Å². The van der Waals surface area contributed by atoms with Gasteiger partial charge in [-0.2, -0.15) is 0 Å². The summed E-state index contributed by atoms with van der Waals surface area (Å²) in [5.41, 5.74) is 2.72. The normalized spacial score (nSPS) is 21.0. The summed E-state index contributed by atoms with van der Waals surface area (Å²) in [6.45, 7) is 8.70. The second kappa shape index (κ2) is 8.49. The van der Waals surface area contributed by atoms with Gasteiger partial charge in [0, 0.05) is 35.9 Å². The number of ketones is 1. The van der Waals surface area contributed by atoms with Crippen LogP contribution in [-0.4, -0.2) is 31.6 Å². The van der Waals surface area contributed by atoms with Crippen molar-refractivity contribution in [3.63, 3.8) is 0 Å². The predicted octanol–water partition coefficient (Wildman–Crippen LogP) is 4.01. The van der Waals surface area contributed by atoms with Gasteiger partial charge in [-0.05, 0) is 43.4 Å². The number of hydrogen-bond donors (Lipinski definition) is 1. The Hall–Kier alpha value is -2.47. The number of esters is 1. The van der Waals surface area contributed by atoms with Crippen LogP contribution < -0.4 is 5.32 Å². The molecule has 6 heteroatoms. The summed E-state index contributed by atoms with van der Waals surface area (Å²) in [5, 5.41) is 3.26. The average molecular weight is 401 g/mol. The zero-order valence-electron chi connectivity index (χ0n) is 17.4. The largest absolute Gasteiger partial charge is 0.460 e. The van der Waals surface area contributed by atoms with Crippen LogP contribution >= 0.6 is 0 Å². The first-order valence-electron chi connectivity index (χ1n) is 9.98. The molecule has 2 aliphatic rings. The van der Waals surface area contributed by atoms with Gasteiger partial charge in [0.1, 0.15) is 12.4 Å². The van der Waals surface area contributed by atoms with E-state index in [1.54, 1.807) is 19.1 Å². The van der Waals surface area contributed by atoms with Crippen LogP contribution in [0.1, 0.15) is 52.0 Å². The van der Waals surface area contributed by atoms with E-state index in [1.807, 2.05) is 20.8 Å². The zero-order valence-corrected chi connectivity index (χ0v) is 17.4. The van der Waals surface area contributed by atoms with Gasteiger partial charge in [0.05, 0.1) is 12.2 Å². The van der Waals surface area contributed by atoms with Crippen molar-refractivity contribution in [1.82, 2.24) is 5.32 Å². The number of dihydropyridines is 1. The van der Waals surface area contributed by atoms with Gasteiger partial charge < -0.3 is 14.8 Å². The van der Waals surface area contributed by atoms with Gasteiger partial charge in [-0.1, -0.05) is 26.0 Å². The monoisotopic (exact) mass is 401 g/mol. The van der Waals surface area contributed by atoms with Crippen LogP contribution in [0.15, 0.2) is 46.8 Å². The van der Waals surface area contributed by atoms with Crippen molar-refractivity contribution in [2.24, 2.45) is 5.41 Å². The molecular weight excluding hydrogens is 373 g/mol. The standard InChI is InChI=1S/C23H28FNO4/c1-5-28-9-10-29-22(27)19-14(2)25-17-12-23(3,4)13-18(26)21(17)20(19)15-7-6-8-16(24)11-15/h6-8,11,20,25H,5,9-10,12-13H2,1-4H3/t20-/m0/s1. The molecule has 0 fully saturated rings. The molecule has 3 rings (SSSR count). The first-order valence-corrected chi connectivity index (χ1v) is 9.98. The molecule has 156 valence electrons. The number of ether oxygens (including phenoxy) is 2. The van der Waals surface area contributed by atoms with E-state index in [2.05, 4.69) is 5.32 Å². The van der Waals surface area contributed by atoms with Gasteiger partial charge in [0.2, 0.25) is 0 Å². The third-order valence-electron chi connectivity index (χ3n) is 5.31. The van der Waals surface area contributed by atoms with Crippen LogP contribution in [0.5, 0.6) is 0 Å². The highest BCUT2D eigenvalue weighted by Crippen LogP contribution is 2.46. The number of halogens is 1. The minimum absolute atomic E-state index is 0.0230. The highest BCUT2D eigenvalue weighted by Gasteiger charge is 2.43. The first kappa shape index (κ1) is 21.2. The highest BCUT2D eigenvalue weighted by molar-refractivity contribution is 6.04. The molecule has 1 aliphatic heterocycles. The Morgan fingerprint density at radius 1 is 1.28 bits per heavy atom. The predicted molar refractivity (Wildman–Crippen MR) is 107 cm³/mol. The summed E-state index contributed by atoms with van der Waals surface area (Å²) in [4.78, 5) is 26.0. The smallest absolute Gasteiger partial charge is 0.336 e. The first-order chi connectivity index (χ1) is 13.7. The number of carbonyl (C=O) groups is 2. The van der Waals surface area contributed by atoms with E-state index in [0.717, 1.165) is 5.70 Å². The fourth-order valence-corrected chi connectivity index (χ4v) is 4.14. The molecule has 1 heterocycles. The fourth-order valence-electron chi connectivity index (χ4n) is 4.14. The van der Waals surface area contributed by atoms with E-state index < -0.39 is 17.7 Å². The van der Waals surface area contributed by atoms with Crippen LogP contribution in [0.4, 0.5) is 4.39 Å². The summed E-state index contributed by atoms with van der Waals surface area (Å²) in [6.07, 6.45) is 1.06. The molecule has 29 heavy (non-hydrogen) atoms. The van der Waals surface area contributed by atoms with E-state index in [-0.39, 0.29) is 17.8 Å². The van der Waals surface area contributed by atoms with Crippen molar-refractivity contribution in [2.45, 2.75) is 46.5 Å². The number of Topliss-reactive ketones (excluding diaryl/α,β-unsaturated/α-hetero) is 1. The molecule has 0 aromatic heterocycles. The van der Waals surface area contributed by atoms with Crippen LogP contribution in [0.3, 0.4) is 0 Å². The van der Waals surface area contributed by atoms with E-state index in [4.69, 9.17) is 9.47 Å². The zero-order chi connectivity index (χ0) is 21.2. The summed E-state index contributed by atoms with van der Waals surface area (Å²) in [7, 11) is 0. The second-order valence-corrected chi connectivity index (χ2v) is 8.32. The topological polar surface area (TPSA) is 64.6 Å². The fraction of sp³-hybridized carbons (Fsp3) is 0.478. The quantitative estimate of drug-likeness (QED) is 0.576. The Balaban J connectivity index is 2.03. The van der Waals surface area contributed by atoms with Crippen molar-refractivity contribution in [3.05, 3.63) is 58.2 Å². The molecule has 1 N–H and O–H groups in total. The van der Waals surface area contributed by atoms with Gasteiger partial charge >= 0.3 is 5.97 Å². The Morgan fingerprint density at radius 3 is 2.72 bits per heavy atom. The number of nitrogens with one attached hydrogen (secondary N) is 1. The average Bonchev–Trinajstić information content (AvgIpc) is 2.63. The van der Waals surface area contributed by atoms with E-state index >= 15 is 0 Å². The molecular formula is C23H28FNO4. The van der Waals surface area contributed by atoms with Crippen molar-refractivity contribution in [3.8, 4) is 0 Å². The number of hydrogen-bond acceptors (Lipinski definition) is 5. The molecule has 0 radical (unpaired) electrons. The van der Waals surface area contributed by atoms with Crippen molar-refractivity contribution in [2.75, 3.05) is 19.8 Å². The minimum Gasteiger partial charge on any atom is -0.460 e. The minimum atomic E-state index is -0.648. The van der Waals surface area contributed by atoms with Gasteiger partial charge in [-0.15, -0.1) is 0 Å². The van der Waals surface area contributed by atoms with Gasteiger partial charge in [0.25, 0.3) is 0 Å². The number of allylic oxidation sites excluding steroid dienone is 3. The van der Waals surface area contributed by atoms with Crippen LogP contribution in [0, 0.1) is 11.2 Å². The van der Waals surface area contributed by atoms with Crippen molar-refractivity contribution >= 4 is 11.8 Å². The molecule has 0 bridgehead atoms. The van der Waals surface area contributed by atoms with E-state index in [0.29, 0.717) is 48.5 Å². The lowest BCUT2D eigenvalue weighted by atomic mass is 9.68. The molecule has 5 nitrogen and oxygen atoms in total. The Bertz CT molecular complexity index is 885. The molecule has 0 saturated heterocycles. The van der Waals surface area contributed by atoms with Crippen LogP contribution in [-0.2, 0) is 19.1 Å². The number of benzene rings is 1. The molecule has 0 unspecified atom stereocenters. The maximum Gasteiger partial charge on any atom is 0.336 e. The van der Waals surface area contributed by atoms with Gasteiger partial charge in [0.15, 0.2) is 5.78 Å². The van der Waals surface area contributed by atoms with Crippen molar-refractivity contribution < 1.29 is 23.5 Å². The Labute approximate surface area is 171 Å². The summed E-state index contributed by atoms with van der Waals surface area (Å²) < 4.78 is 24.6. The Kier molecular flexibility index (Phi) is 6.22. The SMILES string of the molecule is CCOCCOC(=O)C1=C(C)NC2=C(C(=O)CC(C)(C)C2)[C@H]1c1cccc(F)c1. The van der Waals surface area contributed by atoms with Crippen molar-refractivity contribution in [1.29, 1.82) is 0 Å². The van der Waals surface area contributed by atoms with E-state index in [1.165, 1.54) is 12.1 Å². The lowest BCUT2D eigenvalue weighted by molar-refractivity contribution is -0.140. The summed E-state index contributed by atoms with van der Waals surface area (Å²) in [5.74, 6) is -1.60. The summed E-state index contributed by atoms with van der Waals surface area (Å²) in [6, 6.07) is 6.08. The third-order valence-corrected chi connectivity index (χ3v) is 5.31. The second-order valence-electron chi connectivity index (χ2n) is 8.32. The molecule has 1 atom stereocenters. The molecule has 1 aromatic rings. The maximum absolute atomic E-state index is 14.0. The molecule has 1 aromatic carbocycles. The van der Waals surface area contributed by atoms with E-state index in [9.17, 15) is 14.0 Å². The lowest BCUT2D eigenvalue weighted by Crippen LogP contribution is -2.38. The number of carbonyl (C=O) groups excluding carboxylic acids is 2. The molecule has 1 aliphatic carbocycles.